The number of carbonyl (C=O) groups excluding carboxylic acids is 3. The minimum absolute atomic E-state index is 0.0510. The van der Waals surface area contributed by atoms with Crippen molar-refractivity contribution in [2.24, 2.45) is 29.4 Å². The van der Waals surface area contributed by atoms with Crippen LogP contribution >= 0.6 is 0 Å². The lowest BCUT2D eigenvalue weighted by Gasteiger charge is -2.36. The normalized spacial score (nSPS) is 26.5. The number of fused-ring (bicyclic) bond motifs is 1. The molecule has 218 valence electrons. The molecule has 2 saturated carbocycles. The molecule has 2 heterocycles. The van der Waals surface area contributed by atoms with Gasteiger partial charge in [0.25, 0.3) is 0 Å². The van der Waals surface area contributed by atoms with E-state index in [-0.39, 0.29) is 41.9 Å². The van der Waals surface area contributed by atoms with Crippen LogP contribution in [0.25, 0.3) is 11.0 Å². The van der Waals surface area contributed by atoms with Gasteiger partial charge in [0.05, 0.1) is 6.61 Å². The molecule has 1 aromatic carbocycles. The lowest BCUT2D eigenvalue weighted by molar-refractivity contribution is -0.142. The van der Waals surface area contributed by atoms with Crippen molar-refractivity contribution in [2.75, 3.05) is 25.1 Å². The highest BCUT2D eigenvalue weighted by Crippen LogP contribution is 2.41. The molecular weight excluding hydrogens is 513 g/mol. The minimum atomic E-state index is -0.532. The highest BCUT2D eigenvalue weighted by molar-refractivity contribution is 6.00. The van der Waals surface area contributed by atoms with E-state index in [0.29, 0.717) is 42.0 Å². The monoisotopic (exact) mass is 555 g/mol. The average Bonchev–Trinajstić information content (AvgIpc) is 3.62. The van der Waals surface area contributed by atoms with Crippen molar-refractivity contribution in [3.8, 4) is 0 Å². The molecule has 40 heavy (non-hydrogen) atoms. The van der Waals surface area contributed by atoms with E-state index in [1.54, 1.807) is 31.2 Å². The molecule has 3 fully saturated rings. The van der Waals surface area contributed by atoms with E-state index in [4.69, 9.17) is 14.9 Å². The predicted octanol–water partition coefficient (Wildman–Crippen LogP) is 5.45. The summed E-state index contributed by atoms with van der Waals surface area (Å²) in [5.41, 5.74) is 7.06. The SMILES string of the molecule is CCOC(=O)c1cc2cc(NC(=O)[C@@H]3[C@H](C4CCCCC4)CCN3C(=O)C3CCC(C(N)CF)CC3)ccc2o1. The summed E-state index contributed by atoms with van der Waals surface area (Å²) in [7, 11) is 0. The van der Waals surface area contributed by atoms with E-state index in [0.717, 1.165) is 32.1 Å². The molecule has 3 aliphatic rings. The van der Waals surface area contributed by atoms with E-state index in [1.807, 2.05) is 4.90 Å². The van der Waals surface area contributed by atoms with Gasteiger partial charge in [-0.05, 0) is 81.0 Å². The largest absolute Gasteiger partial charge is 0.460 e. The third kappa shape index (κ3) is 6.04. The van der Waals surface area contributed by atoms with E-state index >= 15 is 0 Å². The molecule has 3 atom stereocenters. The summed E-state index contributed by atoms with van der Waals surface area (Å²) < 4.78 is 23.7. The Bertz CT molecular complexity index is 1200. The topological polar surface area (TPSA) is 115 Å². The molecule has 0 spiro atoms. The summed E-state index contributed by atoms with van der Waals surface area (Å²) in [5, 5.41) is 3.76. The molecule has 2 aliphatic carbocycles. The maximum Gasteiger partial charge on any atom is 0.374 e. The van der Waals surface area contributed by atoms with Crippen LogP contribution in [0, 0.1) is 23.7 Å². The Labute approximate surface area is 235 Å². The van der Waals surface area contributed by atoms with Gasteiger partial charge in [0.15, 0.2) is 0 Å². The van der Waals surface area contributed by atoms with E-state index < -0.39 is 24.7 Å². The molecule has 9 heteroatoms. The minimum Gasteiger partial charge on any atom is -0.460 e. The third-order valence-corrected chi connectivity index (χ3v) is 9.42. The van der Waals surface area contributed by atoms with Crippen LogP contribution in [0.1, 0.15) is 81.7 Å². The van der Waals surface area contributed by atoms with Crippen molar-refractivity contribution in [3.63, 3.8) is 0 Å². The van der Waals surface area contributed by atoms with Gasteiger partial charge in [0, 0.05) is 29.6 Å². The second kappa shape index (κ2) is 12.7. The summed E-state index contributed by atoms with van der Waals surface area (Å²) >= 11 is 0. The number of amides is 2. The number of benzene rings is 1. The van der Waals surface area contributed by atoms with Crippen LogP contribution in [-0.2, 0) is 14.3 Å². The molecule has 0 bridgehead atoms. The molecule has 3 N–H and O–H groups in total. The fourth-order valence-electron chi connectivity index (χ4n) is 7.25. The number of halogens is 1. The maximum absolute atomic E-state index is 13.9. The number of ether oxygens (including phenoxy) is 1. The van der Waals surface area contributed by atoms with Crippen molar-refractivity contribution in [1.29, 1.82) is 0 Å². The smallest absolute Gasteiger partial charge is 0.374 e. The fraction of sp³-hybridized carbons (Fsp3) is 0.645. The van der Waals surface area contributed by atoms with Gasteiger partial charge >= 0.3 is 5.97 Å². The number of likely N-dealkylation sites (tertiary alicyclic amines) is 1. The summed E-state index contributed by atoms with van der Waals surface area (Å²) in [4.78, 5) is 41.7. The second-order valence-electron chi connectivity index (χ2n) is 11.8. The van der Waals surface area contributed by atoms with Crippen LogP contribution in [0.2, 0.25) is 0 Å². The first kappa shape index (κ1) is 28.6. The Morgan fingerprint density at radius 1 is 1.07 bits per heavy atom. The van der Waals surface area contributed by atoms with Crippen molar-refractivity contribution < 1.29 is 27.9 Å². The van der Waals surface area contributed by atoms with Gasteiger partial charge < -0.3 is 25.1 Å². The Morgan fingerprint density at radius 2 is 1.82 bits per heavy atom. The number of furan rings is 1. The molecule has 8 nitrogen and oxygen atoms in total. The molecule has 2 aromatic rings. The van der Waals surface area contributed by atoms with Crippen LogP contribution in [0.3, 0.4) is 0 Å². The number of alkyl halides is 1. The molecule has 1 aromatic heterocycles. The van der Waals surface area contributed by atoms with Gasteiger partial charge in [-0.2, -0.15) is 0 Å². The number of hydrogen-bond donors (Lipinski definition) is 2. The van der Waals surface area contributed by atoms with Crippen molar-refractivity contribution in [3.05, 3.63) is 30.0 Å². The second-order valence-corrected chi connectivity index (χ2v) is 11.8. The zero-order chi connectivity index (χ0) is 28.2. The van der Waals surface area contributed by atoms with Gasteiger partial charge in [-0.3, -0.25) is 9.59 Å². The van der Waals surface area contributed by atoms with Crippen LogP contribution in [0.4, 0.5) is 10.1 Å². The highest BCUT2D eigenvalue weighted by Gasteiger charge is 2.47. The molecular formula is C31H42FN3O5. The van der Waals surface area contributed by atoms with Gasteiger partial charge in [0.2, 0.25) is 17.6 Å². The van der Waals surface area contributed by atoms with E-state index in [1.165, 1.54) is 19.3 Å². The molecule has 5 rings (SSSR count). The molecule has 1 unspecified atom stereocenters. The number of nitrogens with zero attached hydrogens (tertiary/aromatic N) is 1. The Kier molecular flexibility index (Phi) is 9.08. The van der Waals surface area contributed by atoms with Crippen LogP contribution < -0.4 is 11.1 Å². The predicted molar refractivity (Wildman–Crippen MR) is 150 cm³/mol. The Balaban J connectivity index is 1.33. The summed E-state index contributed by atoms with van der Waals surface area (Å²) in [6.07, 6.45) is 9.47. The van der Waals surface area contributed by atoms with Crippen molar-refractivity contribution in [2.45, 2.75) is 83.2 Å². The molecule has 2 amide bonds. The maximum atomic E-state index is 13.9. The number of hydrogen-bond acceptors (Lipinski definition) is 6. The first-order valence-electron chi connectivity index (χ1n) is 15.0. The first-order valence-corrected chi connectivity index (χ1v) is 15.0. The number of nitrogens with one attached hydrogen (secondary N) is 1. The number of rotatable bonds is 8. The van der Waals surface area contributed by atoms with Crippen LogP contribution in [0.15, 0.2) is 28.7 Å². The van der Waals surface area contributed by atoms with E-state index in [9.17, 15) is 18.8 Å². The molecule has 1 saturated heterocycles. The Morgan fingerprint density at radius 3 is 2.52 bits per heavy atom. The number of nitrogens with two attached hydrogens (primary N) is 1. The third-order valence-electron chi connectivity index (χ3n) is 9.42. The van der Waals surface area contributed by atoms with Crippen molar-refractivity contribution in [1.82, 2.24) is 4.90 Å². The zero-order valence-corrected chi connectivity index (χ0v) is 23.4. The lowest BCUT2D eigenvalue weighted by atomic mass is 9.76. The van der Waals surface area contributed by atoms with Gasteiger partial charge in [-0.25, -0.2) is 9.18 Å². The Hall–Kier alpha value is -2.94. The standard InChI is InChI=1S/C31H42FN3O5/c1-2-39-31(38)27-17-22-16-23(12-13-26(22)40-27)34-29(36)28-24(19-6-4-3-5-7-19)14-15-35(28)30(37)21-10-8-20(9-11-21)25(33)18-32/h12-13,16-17,19-21,24-25,28H,2-11,14-15,18,33H2,1H3,(H,34,36)/t20?,21?,24-,25?,28-/m0/s1. The summed E-state index contributed by atoms with van der Waals surface area (Å²) in [6, 6.07) is 5.90. The molecule has 1 aliphatic heterocycles. The average molecular weight is 556 g/mol. The first-order chi connectivity index (χ1) is 19.4. The number of esters is 1. The summed E-state index contributed by atoms with van der Waals surface area (Å²) in [6.45, 7) is 2.04. The van der Waals surface area contributed by atoms with Crippen molar-refractivity contribution >= 4 is 34.4 Å². The number of anilines is 1. The zero-order valence-electron chi connectivity index (χ0n) is 23.4. The quantitative estimate of drug-likeness (QED) is 0.419. The number of carbonyl (C=O) groups is 3. The van der Waals surface area contributed by atoms with Gasteiger partial charge in [0.1, 0.15) is 18.3 Å². The highest BCUT2D eigenvalue weighted by atomic mass is 19.1. The van der Waals surface area contributed by atoms with Gasteiger partial charge in [-0.15, -0.1) is 0 Å². The summed E-state index contributed by atoms with van der Waals surface area (Å²) in [5.74, 6) is 0.0135. The molecule has 0 radical (unpaired) electrons. The van der Waals surface area contributed by atoms with Gasteiger partial charge in [-0.1, -0.05) is 32.1 Å². The van der Waals surface area contributed by atoms with E-state index in [2.05, 4.69) is 5.32 Å². The van der Waals surface area contributed by atoms with Crippen LogP contribution in [0.5, 0.6) is 0 Å². The lowest BCUT2D eigenvalue weighted by Crippen LogP contribution is -2.50. The van der Waals surface area contributed by atoms with Crippen LogP contribution in [-0.4, -0.2) is 54.6 Å². The fourth-order valence-corrected chi connectivity index (χ4v) is 7.25.